The standard InChI is InChI=1S/C11H10N2O3/c14-9-4-2-1-3-8(9)11-12-6-7(13-11)5-10(15)16/h1-4,6,14H,5H2,(H,12,13)(H,15,16). The van der Waals surface area contributed by atoms with Crippen molar-refractivity contribution in [1.29, 1.82) is 0 Å². The van der Waals surface area contributed by atoms with Crippen LogP contribution in [-0.4, -0.2) is 26.2 Å². The van der Waals surface area contributed by atoms with Crippen LogP contribution in [0.25, 0.3) is 11.4 Å². The zero-order chi connectivity index (χ0) is 11.5. The Labute approximate surface area is 91.4 Å². The van der Waals surface area contributed by atoms with Crippen molar-refractivity contribution in [2.45, 2.75) is 6.42 Å². The van der Waals surface area contributed by atoms with Gasteiger partial charge in [0.1, 0.15) is 11.6 Å². The highest BCUT2D eigenvalue weighted by atomic mass is 16.4. The quantitative estimate of drug-likeness (QED) is 0.727. The first-order valence-electron chi connectivity index (χ1n) is 4.71. The maximum Gasteiger partial charge on any atom is 0.309 e. The summed E-state index contributed by atoms with van der Waals surface area (Å²) in [7, 11) is 0. The van der Waals surface area contributed by atoms with Gasteiger partial charge < -0.3 is 15.2 Å². The number of imidazole rings is 1. The van der Waals surface area contributed by atoms with E-state index in [0.29, 0.717) is 17.1 Å². The van der Waals surface area contributed by atoms with Crippen molar-refractivity contribution in [3.8, 4) is 17.1 Å². The minimum absolute atomic E-state index is 0.110. The molecular formula is C11H10N2O3. The van der Waals surface area contributed by atoms with E-state index in [1.54, 1.807) is 24.3 Å². The first-order valence-corrected chi connectivity index (χ1v) is 4.71. The van der Waals surface area contributed by atoms with Gasteiger partial charge in [-0.05, 0) is 12.1 Å². The number of rotatable bonds is 3. The van der Waals surface area contributed by atoms with Crippen molar-refractivity contribution in [3.63, 3.8) is 0 Å². The molecule has 0 saturated heterocycles. The van der Waals surface area contributed by atoms with E-state index in [2.05, 4.69) is 9.97 Å². The van der Waals surface area contributed by atoms with Crippen LogP contribution in [0.5, 0.6) is 5.75 Å². The van der Waals surface area contributed by atoms with E-state index >= 15 is 0 Å². The second-order valence-corrected chi connectivity index (χ2v) is 3.34. The number of aromatic nitrogens is 2. The lowest BCUT2D eigenvalue weighted by Gasteiger charge is -1.99. The third-order valence-corrected chi connectivity index (χ3v) is 2.13. The predicted octanol–water partition coefficient (Wildman–Crippen LogP) is 1.41. The number of phenolic OH excluding ortho intramolecular Hbond substituents is 1. The van der Waals surface area contributed by atoms with Gasteiger partial charge >= 0.3 is 5.97 Å². The Morgan fingerprint density at radius 1 is 1.38 bits per heavy atom. The van der Waals surface area contributed by atoms with E-state index in [1.807, 2.05) is 0 Å². The number of nitrogens with zero attached hydrogens (tertiary/aromatic N) is 1. The Morgan fingerprint density at radius 2 is 2.12 bits per heavy atom. The zero-order valence-corrected chi connectivity index (χ0v) is 8.34. The molecule has 0 saturated carbocycles. The van der Waals surface area contributed by atoms with Crippen molar-refractivity contribution < 1.29 is 15.0 Å². The second kappa shape index (κ2) is 4.06. The molecule has 16 heavy (non-hydrogen) atoms. The number of hydrogen-bond acceptors (Lipinski definition) is 3. The van der Waals surface area contributed by atoms with Crippen LogP contribution in [0.1, 0.15) is 5.69 Å². The third kappa shape index (κ3) is 2.03. The highest BCUT2D eigenvalue weighted by Gasteiger charge is 2.09. The third-order valence-electron chi connectivity index (χ3n) is 2.13. The molecule has 1 aromatic carbocycles. The number of benzene rings is 1. The number of nitrogens with one attached hydrogen (secondary N) is 1. The lowest BCUT2D eigenvalue weighted by Crippen LogP contribution is -1.99. The molecule has 0 bridgehead atoms. The summed E-state index contributed by atoms with van der Waals surface area (Å²) >= 11 is 0. The lowest BCUT2D eigenvalue weighted by molar-refractivity contribution is -0.136. The number of aliphatic carboxylic acids is 1. The smallest absolute Gasteiger partial charge is 0.309 e. The number of para-hydroxylation sites is 1. The van der Waals surface area contributed by atoms with Crippen molar-refractivity contribution in [1.82, 2.24) is 9.97 Å². The number of carbonyl (C=O) groups is 1. The summed E-state index contributed by atoms with van der Waals surface area (Å²) in [5, 5.41) is 18.2. The van der Waals surface area contributed by atoms with Crippen molar-refractivity contribution in [2.75, 3.05) is 0 Å². The average Bonchev–Trinajstić information content (AvgIpc) is 2.66. The number of carboxylic acid groups (broad SMARTS) is 1. The SMILES string of the molecule is O=C(O)Cc1cnc(-c2ccccc2O)[nH]1. The van der Waals surface area contributed by atoms with Gasteiger partial charge in [-0.1, -0.05) is 12.1 Å². The van der Waals surface area contributed by atoms with Crippen molar-refractivity contribution in [2.24, 2.45) is 0 Å². The zero-order valence-electron chi connectivity index (χ0n) is 8.34. The van der Waals surface area contributed by atoms with Crippen LogP contribution in [0.15, 0.2) is 30.5 Å². The fraction of sp³-hybridized carbons (Fsp3) is 0.0909. The lowest BCUT2D eigenvalue weighted by atomic mass is 10.2. The topological polar surface area (TPSA) is 86.2 Å². The average molecular weight is 218 g/mol. The number of H-pyrrole nitrogens is 1. The molecule has 82 valence electrons. The Hall–Kier alpha value is -2.30. The van der Waals surface area contributed by atoms with Gasteiger partial charge in [-0.3, -0.25) is 4.79 Å². The van der Waals surface area contributed by atoms with Gasteiger partial charge in [0.15, 0.2) is 0 Å². The van der Waals surface area contributed by atoms with Crippen LogP contribution in [0, 0.1) is 0 Å². The summed E-state index contributed by atoms with van der Waals surface area (Å²) in [5.41, 5.74) is 1.06. The van der Waals surface area contributed by atoms with E-state index in [-0.39, 0.29) is 12.2 Å². The molecule has 1 aromatic heterocycles. The Morgan fingerprint density at radius 3 is 2.81 bits per heavy atom. The van der Waals surface area contributed by atoms with E-state index < -0.39 is 5.97 Å². The van der Waals surface area contributed by atoms with Crippen LogP contribution >= 0.6 is 0 Å². The summed E-state index contributed by atoms with van der Waals surface area (Å²) in [6, 6.07) is 6.74. The Kier molecular flexibility index (Phi) is 2.59. The minimum Gasteiger partial charge on any atom is -0.507 e. The monoisotopic (exact) mass is 218 g/mol. The van der Waals surface area contributed by atoms with Gasteiger partial charge in [-0.2, -0.15) is 0 Å². The van der Waals surface area contributed by atoms with Crippen molar-refractivity contribution in [3.05, 3.63) is 36.2 Å². The van der Waals surface area contributed by atoms with Gasteiger partial charge in [0, 0.05) is 11.9 Å². The first-order chi connectivity index (χ1) is 7.66. The molecule has 5 heteroatoms. The maximum atomic E-state index is 10.5. The molecule has 0 atom stereocenters. The fourth-order valence-electron chi connectivity index (χ4n) is 1.42. The van der Waals surface area contributed by atoms with Crippen LogP contribution in [0.3, 0.4) is 0 Å². The summed E-state index contributed by atoms with van der Waals surface area (Å²) in [4.78, 5) is 17.4. The summed E-state index contributed by atoms with van der Waals surface area (Å²) in [5.74, 6) is -0.347. The summed E-state index contributed by atoms with van der Waals surface area (Å²) in [6.45, 7) is 0. The highest BCUT2D eigenvalue weighted by molar-refractivity contribution is 5.70. The molecule has 0 spiro atoms. The van der Waals surface area contributed by atoms with Gasteiger partial charge in [-0.15, -0.1) is 0 Å². The summed E-state index contributed by atoms with van der Waals surface area (Å²) < 4.78 is 0. The highest BCUT2D eigenvalue weighted by Crippen LogP contribution is 2.25. The first kappa shape index (κ1) is 10.2. The molecule has 2 aromatic rings. The molecule has 2 rings (SSSR count). The van der Waals surface area contributed by atoms with Gasteiger partial charge in [0.2, 0.25) is 0 Å². The van der Waals surface area contributed by atoms with Crippen LogP contribution in [0.4, 0.5) is 0 Å². The molecule has 5 nitrogen and oxygen atoms in total. The molecule has 1 heterocycles. The van der Waals surface area contributed by atoms with E-state index in [9.17, 15) is 9.90 Å². The molecular weight excluding hydrogens is 208 g/mol. The number of hydrogen-bond donors (Lipinski definition) is 3. The molecule has 0 aliphatic rings. The molecule has 0 amide bonds. The molecule has 0 aliphatic heterocycles. The van der Waals surface area contributed by atoms with Crippen molar-refractivity contribution >= 4 is 5.97 Å². The number of aromatic amines is 1. The molecule has 0 aliphatic carbocycles. The summed E-state index contributed by atoms with van der Waals surface area (Å²) in [6.07, 6.45) is 1.34. The minimum atomic E-state index is -0.924. The largest absolute Gasteiger partial charge is 0.507 e. The molecule has 0 radical (unpaired) electrons. The van der Waals surface area contributed by atoms with Crippen LogP contribution in [0.2, 0.25) is 0 Å². The Balaban J connectivity index is 2.32. The Bertz CT molecular complexity index is 519. The second-order valence-electron chi connectivity index (χ2n) is 3.34. The fourth-order valence-corrected chi connectivity index (χ4v) is 1.42. The van der Waals surface area contributed by atoms with E-state index in [1.165, 1.54) is 6.20 Å². The van der Waals surface area contributed by atoms with Gasteiger partial charge in [0.25, 0.3) is 0 Å². The van der Waals surface area contributed by atoms with Gasteiger partial charge in [-0.25, -0.2) is 4.98 Å². The maximum absolute atomic E-state index is 10.5. The van der Waals surface area contributed by atoms with E-state index in [0.717, 1.165) is 0 Å². The van der Waals surface area contributed by atoms with Crippen LogP contribution in [-0.2, 0) is 11.2 Å². The van der Waals surface area contributed by atoms with E-state index in [4.69, 9.17) is 5.11 Å². The number of phenols is 1. The molecule has 0 unspecified atom stereocenters. The number of carboxylic acids is 1. The van der Waals surface area contributed by atoms with Crippen LogP contribution < -0.4 is 0 Å². The molecule has 3 N–H and O–H groups in total. The number of aromatic hydroxyl groups is 1. The normalized spacial score (nSPS) is 10.2. The van der Waals surface area contributed by atoms with Gasteiger partial charge in [0.05, 0.1) is 12.0 Å². The molecule has 0 fully saturated rings. The predicted molar refractivity (Wildman–Crippen MR) is 57.0 cm³/mol.